The highest BCUT2D eigenvalue weighted by Crippen LogP contribution is 2.20. The molecule has 0 aliphatic rings. The van der Waals surface area contributed by atoms with Gasteiger partial charge < -0.3 is 15.1 Å². The van der Waals surface area contributed by atoms with E-state index in [4.69, 9.17) is 0 Å². The average molecular weight is 312 g/mol. The van der Waals surface area contributed by atoms with E-state index >= 15 is 0 Å². The first-order chi connectivity index (χ1) is 11.1. The maximum atomic E-state index is 12.5. The Morgan fingerprint density at radius 3 is 2.30 bits per heavy atom. The van der Waals surface area contributed by atoms with E-state index in [0.717, 1.165) is 24.5 Å². The molecule has 0 saturated heterocycles. The lowest BCUT2D eigenvalue weighted by Gasteiger charge is -2.21. The monoisotopic (exact) mass is 312 g/mol. The highest BCUT2D eigenvalue weighted by atomic mass is 16.1. The normalized spacial score (nSPS) is 10.3. The Labute approximate surface area is 137 Å². The number of carbonyl (C=O) groups is 1. The Bertz CT molecular complexity index is 648. The first-order valence-electron chi connectivity index (χ1n) is 7.85. The van der Waals surface area contributed by atoms with Crippen molar-refractivity contribution < 1.29 is 4.79 Å². The third-order valence-corrected chi connectivity index (χ3v) is 3.71. The zero-order valence-electron chi connectivity index (χ0n) is 14.2. The van der Waals surface area contributed by atoms with Crippen LogP contribution >= 0.6 is 0 Å². The number of hydrogen-bond acceptors (Lipinski definition) is 4. The van der Waals surface area contributed by atoms with Gasteiger partial charge >= 0.3 is 0 Å². The van der Waals surface area contributed by atoms with Gasteiger partial charge in [0.1, 0.15) is 5.82 Å². The summed E-state index contributed by atoms with van der Waals surface area (Å²) in [7, 11) is 3.75. The molecule has 0 saturated carbocycles. The van der Waals surface area contributed by atoms with Gasteiger partial charge in [-0.15, -0.1) is 0 Å². The SMILES string of the molecule is CCN(CC)c1ccc(NC(=O)c2cccnc2N(C)C)cc1. The Morgan fingerprint density at radius 1 is 1.09 bits per heavy atom. The molecule has 1 heterocycles. The number of amides is 1. The van der Waals surface area contributed by atoms with Gasteiger partial charge in [0.2, 0.25) is 0 Å². The van der Waals surface area contributed by atoms with Crippen molar-refractivity contribution in [2.24, 2.45) is 0 Å². The van der Waals surface area contributed by atoms with Gasteiger partial charge in [-0.2, -0.15) is 0 Å². The van der Waals surface area contributed by atoms with Gasteiger partial charge in [0.25, 0.3) is 5.91 Å². The number of hydrogen-bond donors (Lipinski definition) is 1. The molecule has 0 bridgehead atoms. The third kappa shape index (κ3) is 4.00. The lowest BCUT2D eigenvalue weighted by Crippen LogP contribution is -2.22. The lowest BCUT2D eigenvalue weighted by molar-refractivity contribution is 0.102. The van der Waals surface area contributed by atoms with Crippen LogP contribution in [-0.4, -0.2) is 38.1 Å². The maximum absolute atomic E-state index is 12.5. The minimum absolute atomic E-state index is 0.155. The topological polar surface area (TPSA) is 48.5 Å². The van der Waals surface area contributed by atoms with Crippen molar-refractivity contribution in [2.45, 2.75) is 13.8 Å². The third-order valence-electron chi connectivity index (χ3n) is 3.71. The second-order valence-corrected chi connectivity index (χ2v) is 5.44. The summed E-state index contributed by atoms with van der Waals surface area (Å²) in [6.07, 6.45) is 1.69. The second-order valence-electron chi connectivity index (χ2n) is 5.44. The number of benzene rings is 1. The summed E-state index contributed by atoms with van der Waals surface area (Å²) in [5.74, 6) is 0.502. The predicted octanol–water partition coefficient (Wildman–Crippen LogP) is 3.25. The Balaban J connectivity index is 2.15. The summed E-state index contributed by atoms with van der Waals surface area (Å²) < 4.78 is 0. The summed E-state index contributed by atoms with van der Waals surface area (Å²) in [6.45, 7) is 6.18. The van der Waals surface area contributed by atoms with Crippen LogP contribution in [0.1, 0.15) is 24.2 Å². The van der Waals surface area contributed by atoms with Crippen molar-refractivity contribution >= 4 is 23.1 Å². The molecule has 2 aromatic rings. The van der Waals surface area contributed by atoms with E-state index < -0.39 is 0 Å². The smallest absolute Gasteiger partial charge is 0.259 e. The van der Waals surface area contributed by atoms with Crippen LogP contribution in [0.5, 0.6) is 0 Å². The maximum Gasteiger partial charge on any atom is 0.259 e. The van der Waals surface area contributed by atoms with Crippen LogP contribution < -0.4 is 15.1 Å². The minimum Gasteiger partial charge on any atom is -0.372 e. The molecule has 1 N–H and O–H groups in total. The van der Waals surface area contributed by atoms with E-state index in [9.17, 15) is 4.79 Å². The molecule has 2 rings (SSSR count). The van der Waals surface area contributed by atoms with Crippen LogP contribution in [0.25, 0.3) is 0 Å². The van der Waals surface area contributed by atoms with Crippen molar-refractivity contribution in [2.75, 3.05) is 42.3 Å². The second kappa shape index (κ2) is 7.63. The molecule has 0 unspecified atom stereocenters. The van der Waals surface area contributed by atoms with Crippen molar-refractivity contribution in [3.63, 3.8) is 0 Å². The first-order valence-corrected chi connectivity index (χ1v) is 7.85. The summed E-state index contributed by atoms with van der Waals surface area (Å²) in [5.41, 5.74) is 2.49. The molecule has 0 aliphatic heterocycles. The molecule has 0 radical (unpaired) electrons. The van der Waals surface area contributed by atoms with Gasteiger partial charge in [-0.25, -0.2) is 4.98 Å². The van der Waals surface area contributed by atoms with Crippen molar-refractivity contribution in [3.05, 3.63) is 48.2 Å². The number of anilines is 3. The standard InChI is InChI=1S/C18H24N4O/c1-5-22(6-2)15-11-9-14(10-12-15)20-18(23)16-8-7-13-19-17(16)21(3)4/h7-13H,5-6H2,1-4H3,(H,20,23). The zero-order chi connectivity index (χ0) is 16.8. The number of rotatable bonds is 6. The van der Waals surface area contributed by atoms with Crippen LogP contribution in [0.4, 0.5) is 17.2 Å². The minimum atomic E-state index is -0.155. The molecular weight excluding hydrogens is 288 g/mol. The Morgan fingerprint density at radius 2 is 1.74 bits per heavy atom. The summed E-state index contributed by atoms with van der Waals surface area (Å²) in [4.78, 5) is 20.8. The van der Waals surface area contributed by atoms with Crippen LogP contribution in [0.2, 0.25) is 0 Å². The summed E-state index contributed by atoms with van der Waals surface area (Å²) in [5, 5.41) is 2.93. The van der Waals surface area contributed by atoms with Crippen molar-refractivity contribution in [1.29, 1.82) is 0 Å². The van der Waals surface area contributed by atoms with Gasteiger partial charge in [-0.1, -0.05) is 0 Å². The molecule has 1 aromatic carbocycles. The highest BCUT2D eigenvalue weighted by molar-refractivity contribution is 6.07. The number of nitrogens with one attached hydrogen (secondary N) is 1. The quantitative estimate of drug-likeness (QED) is 0.889. The molecule has 0 aliphatic carbocycles. The molecular formula is C18H24N4O. The van der Waals surface area contributed by atoms with Crippen LogP contribution in [-0.2, 0) is 0 Å². The van der Waals surface area contributed by atoms with Crippen molar-refractivity contribution in [1.82, 2.24) is 4.98 Å². The Hall–Kier alpha value is -2.56. The molecule has 1 amide bonds. The molecule has 5 heteroatoms. The van der Waals surface area contributed by atoms with Gasteiger partial charge in [0.15, 0.2) is 0 Å². The molecule has 1 aromatic heterocycles. The highest BCUT2D eigenvalue weighted by Gasteiger charge is 2.14. The molecule has 122 valence electrons. The molecule has 5 nitrogen and oxygen atoms in total. The fourth-order valence-electron chi connectivity index (χ4n) is 2.47. The van der Waals surface area contributed by atoms with E-state index in [0.29, 0.717) is 11.4 Å². The van der Waals surface area contributed by atoms with Gasteiger partial charge in [0.05, 0.1) is 5.56 Å². The van der Waals surface area contributed by atoms with Gasteiger partial charge in [-0.3, -0.25) is 4.79 Å². The first kappa shape index (κ1) is 16.8. The molecule has 23 heavy (non-hydrogen) atoms. The van der Waals surface area contributed by atoms with Crippen LogP contribution in [0, 0.1) is 0 Å². The van der Waals surface area contributed by atoms with E-state index in [1.807, 2.05) is 43.3 Å². The molecule has 0 spiro atoms. The van der Waals surface area contributed by atoms with Crippen molar-refractivity contribution in [3.8, 4) is 0 Å². The van der Waals surface area contributed by atoms with E-state index in [2.05, 4.69) is 29.0 Å². The van der Waals surface area contributed by atoms with Gasteiger partial charge in [0, 0.05) is 44.8 Å². The van der Waals surface area contributed by atoms with Gasteiger partial charge in [-0.05, 0) is 50.2 Å². The Kier molecular flexibility index (Phi) is 5.57. The fraction of sp³-hybridized carbons (Fsp3) is 0.333. The zero-order valence-corrected chi connectivity index (χ0v) is 14.2. The summed E-state index contributed by atoms with van der Waals surface area (Å²) >= 11 is 0. The van der Waals surface area contributed by atoms with E-state index in [-0.39, 0.29) is 5.91 Å². The number of aromatic nitrogens is 1. The summed E-state index contributed by atoms with van der Waals surface area (Å²) in [6, 6.07) is 11.5. The van der Waals surface area contributed by atoms with Crippen LogP contribution in [0.3, 0.4) is 0 Å². The van der Waals surface area contributed by atoms with E-state index in [1.165, 1.54) is 0 Å². The van der Waals surface area contributed by atoms with E-state index in [1.54, 1.807) is 18.3 Å². The number of nitrogens with zero attached hydrogens (tertiary/aromatic N) is 3. The lowest BCUT2D eigenvalue weighted by atomic mass is 10.2. The number of pyridine rings is 1. The number of carbonyl (C=O) groups excluding carboxylic acids is 1. The fourth-order valence-corrected chi connectivity index (χ4v) is 2.47. The van der Waals surface area contributed by atoms with Crippen LogP contribution in [0.15, 0.2) is 42.6 Å². The average Bonchev–Trinajstić information content (AvgIpc) is 2.57. The predicted molar refractivity (Wildman–Crippen MR) is 96.5 cm³/mol. The molecule has 0 fully saturated rings. The largest absolute Gasteiger partial charge is 0.372 e. The molecule has 0 atom stereocenters.